The summed E-state index contributed by atoms with van der Waals surface area (Å²) in [5, 5.41) is 11.5. The zero-order chi connectivity index (χ0) is 15.9. The van der Waals surface area contributed by atoms with E-state index in [2.05, 4.69) is 17.9 Å². The standard InChI is InChI=1S/C16H31NO3S/c1-14(11-13-21)16(20)17-12-9-7-5-3-2-4-6-8-10-15(18)19/h14,21H,2-13H2,1H3,(H,17,20)(H,18,19). The van der Waals surface area contributed by atoms with Gasteiger partial charge in [0.15, 0.2) is 0 Å². The Labute approximate surface area is 134 Å². The summed E-state index contributed by atoms with van der Waals surface area (Å²) in [4.78, 5) is 22.0. The van der Waals surface area contributed by atoms with Crippen molar-refractivity contribution < 1.29 is 14.7 Å². The summed E-state index contributed by atoms with van der Waals surface area (Å²) in [7, 11) is 0. The Morgan fingerprint density at radius 1 is 1.00 bits per heavy atom. The van der Waals surface area contributed by atoms with Gasteiger partial charge < -0.3 is 10.4 Å². The second-order valence-corrected chi connectivity index (χ2v) is 6.12. The van der Waals surface area contributed by atoms with E-state index < -0.39 is 5.97 Å². The smallest absolute Gasteiger partial charge is 0.303 e. The molecule has 0 saturated carbocycles. The second kappa shape index (κ2) is 14.2. The molecule has 5 heteroatoms. The van der Waals surface area contributed by atoms with E-state index >= 15 is 0 Å². The number of thiol groups is 1. The molecule has 1 atom stereocenters. The van der Waals surface area contributed by atoms with E-state index in [1.165, 1.54) is 19.3 Å². The fourth-order valence-electron chi connectivity index (χ4n) is 2.17. The van der Waals surface area contributed by atoms with E-state index in [-0.39, 0.29) is 11.8 Å². The maximum Gasteiger partial charge on any atom is 0.303 e. The minimum absolute atomic E-state index is 0.0632. The summed E-state index contributed by atoms with van der Waals surface area (Å²) >= 11 is 4.13. The van der Waals surface area contributed by atoms with Crippen molar-refractivity contribution in [3.63, 3.8) is 0 Å². The first-order valence-electron chi connectivity index (χ1n) is 8.18. The number of unbranched alkanes of at least 4 members (excludes halogenated alkanes) is 7. The molecule has 0 aliphatic carbocycles. The Hall–Kier alpha value is -0.710. The molecule has 0 aliphatic heterocycles. The van der Waals surface area contributed by atoms with Crippen molar-refractivity contribution in [1.82, 2.24) is 5.32 Å². The van der Waals surface area contributed by atoms with Gasteiger partial charge >= 0.3 is 5.97 Å². The number of amides is 1. The molecule has 0 aromatic carbocycles. The third kappa shape index (κ3) is 14.0. The summed E-state index contributed by atoms with van der Waals surface area (Å²) in [6.45, 7) is 2.71. The maximum atomic E-state index is 11.6. The molecule has 4 nitrogen and oxygen atoms in total. The van der Waals surface area contributed by atoms with Crippen LogP contribution in [0.2, 0.25) is 0 Å². The first-order valence-corrected chi connectivity index (χ1v) is 8.81. The molecule has 0 heterocycles. The third-order valence-electron chi connectivity index (χ3n) is 3.63. The molecule has 124 valence electrons. The predicted octanol–water partition coefficient (Wildman–Crippen LogP) is 3.65. The molecule has 0 fully saturated rings. The lowest BCUT2D eigenvalue weighted by Crippen LogP contribution is -2.30. The number of carboxylic acid groups (broad SMARTS) is 1. The molecule has 1 unspecified atom stereocenters. The quantitative estimate of drug-likeness (QED) is 0.338. The molecule has 0 radical (unpaired) electrons. The zero-order valence-electron chi connectivity index (χ0n) is 13.3. The van der Waals surface area contributed by atoms with Gasteiger partial charge in [0.2, 0.25) is 5.91 Å². The minimum atomic E-state index is -0.694. The van der Waals surface area contributed by atoms with Crippen LogP contribution in [0.3, 0.4) is 0 Å². The van der Waals surface area contributed by atoms with Gasteiger partial charge in [0, 0.05) is 18.9 Å². The number of aliphatic carboxylic acids is 1. The lowest BCUT2D eigenvalue weighted by Gasteiger charge is -2.10. The third-order valence-corrected chi connectivity index (χ3v) is 3.88. The van der Waals surface area contributed by atoms with Crippen LogP contribution in [0, 0.1) is 5.92 Å². The van der Waals surface area contributed by atoms with Gasteiger partial charge in [-0.2, -0.15) is 12.6 Å². The van der Waals surface area contributed by atoms with Crippen molar-refractivity contribution in [2.45, 2.75) is 71.1 Å². The number of carbonyl (C=O) groups is 2. The highest BCUT2D eigenvalue weighted by atomic mass is 32.1. The molecule has 0 aromatic heterocycles. The molecule has 0 aliphatic rings. The van der Waals surface area contributed by atoms with E-state index in [9.17, 15) is 9.59 Å². The number of rotatable bonds is 14. The Morgan fingerprint density at radius 2 is 1.52 bits per heavy atom. The summed E-state index contributed by atoms with van der Waals surface area (Å²) in [6.07, 6.45) is 9.85. The molecule has 0 bridgehead atoms. The number of hydrogen-bond acceptors (Lipinski definition) is 3. The lowest BCUT2D eigenvalue weighted by atomic mass is 10.1. The number of carboxylic acids is 1. The normalized spacial score (nSPS) is 12.1. The SMILES string of the molecule is CC(CCS)C(=O)NCCCCCCCCCCC(=O)O. The zero-order valence-corrected chi connectivity index (χ0v) is 14.2. The molecule has 0 aromatic rings. The van der Waals surface area contributed by atoms with Crippen molar-refractivity contribution >= 4 is 24.5 Å². The second-order valence-electron chi connectivity index (χ2n) is 5.68. The fourth-order valence-corrected chi connectivity index (χ4v) is 2.56. The molecule has 0 rings (SSSR count). The van der Waals surface area contributed by atoms with Gasteiger partial charge in [-0.1, -0.05) is 45.4 Å². The van der Waals surface area contributed by atoms with Crippen LogP contribution < -0.4 is 5.32 Å². The van der Waals surface area contributed by atoms with Crippen LogP contribution in [0.1, 0.15) is 71.1 Å². The highest BCUT2D eigenvalue weighted by Crippen LogP contribution is 2.09. The highest BCUT2D eigenvalue weighted by molar-refractivity contribution is 7.80. The van der Waals surface area contributed by atoms with Crippen LogP contribution in [-0.4, -0.2) is 29.3 Å². The van der Waals surface area contributed by atoms with Crippen molar-refractivity contribution in [3.05, 3.63) is 0 Å². The Kier molecular flexibility index (Phi) is 13.8. The van der Waals surface area contributed by atoms with Crippen LogP contribution in [0.25, 0.3) is 0 Å². The van der Waals surface area contributed by atoms with E-state index in [1.54, 1.807) is 0 Å². The molecular formula is C16H31NO3S. The Morgan fingerprint density at radius 3 is 2.05 bits per heavy atom. The topological polar surface area (TPSA) is 66.4 Å². The van der Waals surface area contributed by atoms with Crippen molar-refractivity contribution in [2.24, 2.45) is 5.92 Å². The largest absolute Gasteiger partial charge is 0.481 e. The fraction of sp³-hybridized carbons (Fsp3) is 0.875. The van der Waals surface area contributed by atoms with Gasteiger partial charge in [-0.3, -0.25) is 9.59 Å². The number of nitrogens with one attached hydrogen (secondary N) is 1. The monoisotopic (exact) mass is 317 g/mol. The van der Waals surface area contributed by atoms with Gasteiger partial charge in [-0.25, -0.2) is 0 Å². The van der Waals surface area contributed by atoms with Crippen LogP contribution in [0.4, 0.5) is 0 Å². The van der Waals surface area contributed by atoms with Crippen LogP contribution in [0.5, 0.6) is 0 Å². The number of hydrogen-bond donors (Lipinski definition) is 3. The number of carbonyl (C=O) groups excluding carboxylic acids is 1. The van der Waals surface area contributed by atoms with Crippen molar-refractivity contribution in [1.29, 1.82) is 0 Å². The Balaban J connectivity index is 3.22. The van der Waals surface area contributed by atoms with Crippen LogP contribution in [0.15, 0.2) is 0 Å². The van der Waals surface area contributed by atoms with Gasteiger partial charge in [0.05, 0.1) is 0 Å². The molecule has 0 saturated heterocycles. The van der Waals surface area contributed by atoms with Gasteiger partial charge in [0.1, 0.15) is 0 Å². The van der Waals surface area contributed by atoms with E-state index in [1.807, 2.05) is 6.92 Å². The average Bonchev–Trinajstić information content (AvgIpc) is 2.44. The van der Waals surface area contributed by atoms with E-state index in [0.29, 0.717) is 6.42 Å². The minimum Gasteiger partial charge on any atom is -0.481 e. The van der Waals surface area contributed by atoms with Crippen LogP contribution >= 0.6 is 12.6 Å². The summed E-state index contributed by atoms with van der Waals surface area (Å²) in [6, 6.07) is 0. The summed E-state index contributed by atoms with van der Waals surface area (Å²) in [5.74, 6) is 0.262. The molecule has 21 heavy (non-hydrogen) atoms. The molecule has 1 amide bonds. The van der Waals surface area contributed by atoms with E-state index in [0.717, 1.165) is 50.8 Å². The van der Waals surface area contributed by atoms with Crippen molar-refractivity contribution in [3.8, 4) is 0 Å². The maximum absolute atomic E-state index is 11.6. The van der Waals surface area contributed by atoms with Crippen LogP contribution in [-0.2, 0) is 9.59 Å². The first kappa shape index (κ1) is 20.3. The molecule has 0 spiro atoms. The predicted molar refractivity (Wildman–Crippen MR) is 89.8 cm³/mol. The summed E-state index contributed by atoms with van der Waals surface area (Å²) < 4.78 is 0. The molecular weight excluding hydrogens is 286 g/mol. The van der Waals surface area contributed by atoms with E-state index in [4.69, 9.17) is 5.11 Å². The highest BCUT2D eigenvalue weighted by Gasteiger charge is 2.10. The molecule has 2 N–H and O–H groups in total. The van der Waals surface area contributed by atoms with Gasteiger partial charge in [-0.15, -0.1) is 0 Å². The Bertz CT molecular complexity index is 285. The average molecular weight is 317 g/mol. The van der Waals surface area contributed by atoms with Crippen molar-refractivity contribution in [2.75, 3.05) is 12.3 Å². The van der Waals surface area contributed by atoms with Gasteiger partial charge in [0.25, 0.3) is 0 Å². The summed E-state index contributed by atoms with van der Waals surface area (Å²) in [5.41, 5.74) is 0. The van der Waals surface area contributed by atoms with Gasteiger partial charge in [-0.05, 0) is 25.0 Å². The first-order chi connectivity index (χ1) is 10.1. The lowest BCUT2D eigenvalue weighted by molar-refractivity contribution is -0.137.